The van der Waals surface area contributed by atoms with Crippen molar-refractivity contribution < 1.29 is 15.0 Å². The molecule has 29 heavy (non-hydrogen) atoms. The van der Waals surface area contributed by atoms with Crippen molar-refractivity contribution in [2.24, 2.45) is 5.92 Å². The number of aliphatic hydroxyl groups is 1. The number of hydrogen-bond donors (Lipinski definition) is 1. The van der Waals surface area contributed by atoms with Crippen molar-refractivity contribution in [3.05, 3.63) is 91.0 Å². The predicted octanol–water partition coefficient (Wildman–Crippen LogP) is 3.86. The summed E-state index contributed by atoms with van der Waals surface area (Å²) in [5.74, 6) is -2.22. The highest BCUT2D eigenvalue weighted by atomic mass is 16.6. The Kier molecular flexibility index (Phi) is 5.98. The maximum Gasteiger partial charge on any atom is 0.252 e. The molecule has 2 aromatic carbocycles. The van der Waals surface area contributed by atoms with Gasteiger partial charge in [-0.15, -0.1) is 0 Å². The first-order valence-corrected chi connectivity index (χ1v) is 9.84. The van der Waals surface area contributed by atoms with Crippen LogP contribution in [-0.2, 0) is 0 Å². The number of aliphatic hydroxyl groups excluding tert-OH is 1. The van der Waals surface area contributed by atoms with Gasteiger partial charge in [0.1, 0.15) is 12.0 Å². The van der Waals surface area contributed by atoms with Crippen molar-refractivity contribution in [3.63, 3.8) is 0 Å². The van der Waals surface area contributed by atoms with Gasteiger partial charge in [-0.3, -0.25) is 20.2 Å². The predicted molar refractivity (Wildman–Crippen MR) is 109 cm³/mol. The second kappa shape index (κ2) is 8.29. The Balaban J connectivity index is 2.21. The Hall–Kier alpha value is -2.80. The molecule has 1 fully saturated rings. The number of benzene rings is 2. The monoisotopic (exact) mass is 398 g/mol. The number of rotatable bonds is 5. The molecular weight excluding hydrogens is 372 g/mol. The molecule has 0 radical (unpaired) electrons. The van der Waals surface area contributed by atoms with E-state index in [1.165, 1.54) is 0 Å². The molecule has 7 nitrogen and oxygen atoms in total. The van der Waals surface area contributed by atoms with Gasteiger partial charge in [0.25, 0.3) is 6.04 Å². The van der Waals surface area contributed by atoms with Crippen molar-refractivity contribution in [2.45, 2.75) is 57.2 Å². The highest BCUT2D eigenvalue weighted by Crippen LogP contribution is 2.48. The fourth-order valence-electron chi connectivity index (χ4n) is 4.79. The molecule has 154 valence electrons. The molecule has 0 amide bonds. The van der Waals surface area contributed by atoms with Gasteiger partial charge in [0.2, 0.25) is 6.04 Å². The Morgan fingerprint density at radius 3 is 1.59 bits per heavy atom. The zero-order chi connectivity index (χ0) is 21.3. The fourth-order valence-corrected chi connectivity index (χ4v) is 4.79. The molecule has 6 atom stereocenters. The SMILES string of the molecule is CC[C@H]1[C@@H](O)[C@@H]([N+](=O)[O-])[C@H](c2ccc(C)cc2)[C@H]([N+](=O)[O-])[C@@H]1c1ccc(C)cc1. The normalized spacial score (nSPS) is 29.4. The molecular formula is C22H26N2O5. The minimum atomic E-state index is -1.43. The van der Waals surface area contributed by atoms with Crippen LogP contribution >= 0.6 is 0 Å². The van der Waals surface area contributed by atoms with Crippen LogP contribution in [0.2, 0.25) is 0 Å². The minimum absolute atomic E-state index is 0.389. The Labute approximate surface area is 169 Å². The molecule has 1 aliphatic rings. The standard InChI is InChI=1S/C22H26N2O5/c1-4-17-18(15-9-5-13(2)6-10-15)20(23(26)27)19(21(22(17)25)24(28)29)16-11-7-14(3)8-12-16/h5-12,17-22,25H,4H2,1-3H3/t17-,18-,19-,20-,21+,22-/m1/s1. The summed E-state index contributed by atoms with van der Waals surface area (Å²) >= 11 is 0. The van der Waals surface area contributed by atoms with E-state index in [2.05, 4.69) is 0 Å². The van der Waals surface area contributed by atoms with Crippen LogP contribution in [0, 0.1) is 40.0 Å². The summed E-state index contributed by atoms with van der Waals surface area (Å²) in [4.78, 5) is 23.3. The zero-order valence-corrected chi connectivity index (χ0v) is 16.8. The van der Waals surface area contributed by atoms with Crippen molar-refractivity contribution in [3.8, 4) is 0 Å². The van der Waals surface area contributed by atoms with E-state index in [1.54, 1.807) is 24.3 Å². The molecule has 1 saturated carbocycles. The van der Waals surface area contributed by atoms with Gasteiger partial charge in [-0.1, -0.05) is 66.6 Å². The quantitative estimate of drug-likeness (QED) is 0.608. The summed E-state index contributed by atoms with van der Waals surface area (Å²) in [5.41, 5.74) is 3.24. The molecule has 0 aliphatic heterocycles. The smallest absolute Gasteiger partial charge is 0.252 e. The highest BCUT2D eigenvalue weighted by Gasteiger charge is 2.61. The summed E-state index contributed by atoms with van der Waals surface area (Å²) in [6, 6.07) is 11.8. The van der Waals surface area contributed by atoms with Crippen LogP contribution in [0.5, 0.6) is 0 Å². The second-order valence-electron chi connectivity index (χ2n) is 7.99. The van der Waals surface area contributed by atoms with Crippen molar-refractivity contribution in [1.29, 1.82) is 0 Å². The van der Waals surface area contributed by atoms with E-state index in [9.17, 15) is 25.3 Å². The number of nitro groups is 2. The van der Waals surface area contributed by atoms with Crippen molar-refractivity contribution >= 4 is 0 Å². The van der Waals surface area contributed by atoms with Gasteiger partial charge in [0.15, 0.2) is 0 Å². The molecule has 7 heteroatoms. The van der Waals surface area contributed by atoms with Gasteiger partial charge >= 0.3 is 0 Å². The van der Waals surface area contributed by atoms with E-state index in [4.69, 9.17) is 0 Å². The molecule has 2 aromatic rings. The number of aryl methyl sites for hydroxylation is 2. The Bertz CT molecular complexity index is 881. The average Bonchev–Trinajstić information content (AvgIpc) is 2.67. The summed E-state index contributed by atoms with van der Waals surface area (Å²) in [6.07, 6.45) is -0.863. The maximum atomic E-state index is 12.3. The summed E-state index contributed by atoms with van der Waals surface area (Å²) in [7, 11) is 0. The van der Waals surface area contributed by atoms with Gasteiger partial charge in [-0.2, -0.15) is 0 Å². The van der Waals surface area contributed by atoms with Gasteiger partial charge in [0, 0.05) is 15.8 Å². The van der Waals surface area contributed by atoms with Gasteiger partial charge in [-0.05, 0) is 31.4 Å². The van der Waals surface area contributed by atoms with Crippen LogP contribution in [0.4, 0.5) is 0 Å². The lowest BCUT2D eigenvalue weighted by Gasteiger charge is -2.42. The first kappa shape index (κ1) is 20.9. The largest absolute Gasteiger partial charge is 0.386 e. The molecule has 0 saturated heterocycles. The maximum absolute atomic E-state index is 12.3. The van der Waals surface area contributed by atoms with Crippen molar-refractivity contribution in [2.75, 3.05) is 0 Å². The third-order valence-corrected chi connectivity index (χ3v) is 6.24. The third-order valence-electron chi connectivity index (χ3n) is 6.24. The van der Waals surface area contributed by atoms with Crippen LogP contribution in [0.3, 0.4) is 0 Å². The van der Waals surface area contributed by atoms with Gasteiger partial charge in [0.05, 0.1) is 5.92 Å². The third kappa shape index (κ3) is 3.87. The van der Waals surface area contributed by atoms with Gasteiger partial charge in [-0.25, -0.2) is 0 Å². The first-order valence-electron chi connectivity index (χ1n) is 9.84. The number of hydrogen-bond acceptors (Lipinski definition) is 5. The minimum Gasteiger partial charge on any atom is -0.386 e. The topological polar surface area (TPSA) is 107 Å². The van der Waals surface area contributed by atoms with Crippen LogP contribution in [0.25, 0.3) is 0 Å². The fraction of sp³-hybridized carbons (Fsp3) is 0.455. The average molecular weight is 398 g/mol. The van der Waals surface area contributed by atoms with E-state index < -0.39 is 40.9 Å². The lowest BCUT2D eigenvalue weighted by molar-refractivity contribution is -0.588. The Morgan fingerprint density at radius 1 is 0.793 bits per heavy atom. The molecule has 0 spiro atoms. The summed E-state index contributed by atoms with van der Waals surface area (Å²) in [6.45, 7) is 5.63. The molecule has 0 bridgehead atoms. The summed E-state index contributed by atoms with van der Waals surface area (Å²) < 4.78 is 0. The first-order chi connectivity index (χ1) is 13.8. The number of nitrogens with zero attached hydrogens (tertiary/aromatic N) is 2. The molecule has 1 N–H and O–H groups in total. The van der Waals surface area contributed by atoms with Crippen LogP contribution in [0.1, 0.15) is 47.4 Å². The van der Waals surface area contributed by atoms with E-state index in [1.807, 2.05) is 45.0 Å². The van der Waals surface area contributed by atoms with Crippen LogP contribution in [0.15, 0.2) is 48.5 Å². The molecule has 0 heterocycles. The summed E-state index contributed by atoms with van der Waals surface area (Å²) in [5, 5.41) is 35.3. The molecule has 1 aliphatic carbocycles. The van der Waals surface area contributed by atoms with E-state index >= 15 is 0 Å². The van der Waals surface area contributed by atoms with E-state index in [-0.39, 0.29) is 4.92 Å². The van der Waals surface area contributed by atoms with Crippen LogP contribution < -0.4 is 0 Å². The van der Waals surface area contributed by atoms with Gasteiger partial charge < -0.3 is 5.11 Å². The van der Waals surface area contributed by atoms with Crippen molar-refractivity contribution in [1.82, 2.24) is 0 Å². The lowest BCUT2D eigenvalue weighted by Crippen LogP contribution is -2.58. The lowest BCUT2D eigenvalue weighted by atomic mass is 9.62. The zero-order valence-electron chi connectivity index (χ0n) is 16.8. The van der Waals surface area contributed by atoms with Crippen LogP contribution in [-0.4, -0.2) is 33.1 Å². The highest BCUT2D eigenvalue weighted by molar-refractivity contribution is 5.33. The van der Waals surface area contributed by atoms with E-state index in [0.717, 1.165) is 16.7 Å². The Morgan fingerprint density at radius 2 is 1.21 bits per heavy atom. The van der Waals surface area contributed by atoms with E-state index in [0.29, 0.717) is 12.0 Å². The molecule has 0 aromatic heterocycles. The second-order valence-corrected chi connectivity index (χ2v) is 7.99. The molecule has 0 unspecified atom stereocenters. The molecule has 3 rings (SSSR count).